The number of H-pyrrole nitrogens is 1. The van der Waals surface area contributed by atoms with Crippen molar-refractivity contribution < 1.29 is 8.81 Å². The Labute approximate surface area is 144 Å². The number of hydrogen-bond acceptors (Lipinski definition) is 3. The van der Waals surface area contributed by atoms with Crippen molar-refractivity contribution in [2.45, 2.75) is 18.8 Å². The molecule has 1 aliphatic rings. The van der Waals surface area contributed by atoms with Crippen LogP contribution in [0.5, 0.6) is 0 Å². The number of aromatic nitrogens is 2. The topological polar surface area (TPSA) is 53.9 Å². The Morgan fingerprint density at radius 2 is 1.96 bits per heavy atom. The lowest BCUT2D eigenvalue weighted by atomic mass is 9.98. The molecule has 0 aliphatic carbocycles. The van der Waals surface area contributed by atoms with Crippen LogP contribution in [0.15, 0.2) is 47.0 Å². The third-order valence-electron chi connectivity index (χ3n) is 5.05. The lowest BCUT2D eigenvalue weighted by molar-refractivity contribution is 0.385. The monoisotopic (exact) mass is 335 g/mol. The third-order valence-corrected chi connectivity index (χ3v) is 5.05. The number of nitrogens with one attached hydrogen (secondary N) is 2. The van der Waals surface area contributed by atoms with E-state index in [4.69, 9.17) is 4.42 Å². The molecule has 1 saturated heterocycles. The fraction of sp³-hybridized carbons (Fsp3) is 0.250. The van der Waals surface area contributed by atoms with Gasteiger partial charge in [0.2, 0.25) is 0 Å². The molecular formula is C20H18FN3O. The fourth-order valence-corrected chi connectivity index (χ4v) is 3.69. The summed E-state index contributed by atoms with van der Waals surface area (Å²) >= 11 is 0. The Morgan fingerprint density at radius 3 is 2.84 bits per heavy atom. The normalized spacial score (nSPS) is 16.0. The van der Waals surface area contributed by atoms with Crippen molar-refractivity contribution >= 4 is 22.0 Å². The smallest absolute Gasteiger partial charge is 0.198 e. The van der Waals surface area contributed by atoms with Gasteiger partial charge in [0.05, 0.1) is 0 Å². The summed E-state index contributed by atoms with van der Waals surface area (Å²) in [6.07, 6.45) is 4.04. The van der Waals surface area contributed by atoms with Crippen LogP contribution in [0, 0.1) is 5.82 Å². The van der Waals surface area contributed by atoms with E-state index < -0.39 is 0 Å². The van der Waals surface area contributed by atoms with Crippen LogP contribution in [0.25, 0.3) is 33.1 Å². The van der Waals surface area contributed by atoms with E-state index in [2.05, 4.69) is 15.3 Å². The lowest BCUT2D eigenvalue weighted by Gasteiger charge is -2.19. The molecule has 2 N–H and O–H groups in total. The van der Waals surface area contributed by atoms with Crippen LogP contribution in [-0.2, 0) is 0 Å². The Hall–Kier alpha value is -2.66. The molecule has 25 heavy (non-hydrogen) atoms. The van der Waals surface area contributed by atoms with Crippen molar-refractivity contribution in [3.05, 3.63) is 54.3 Å². The minimum absolute atomic E-state index is 0.238. The number of aromatic amines is 1. The first-order chi connectivity index (χ1) is 12.3. The second-order valence-electron chi connectivity index (χ2n) is 6.65. The highest BCUT2D eigenvalue weighted by Gasteiger charge is 2.21. The summed E-state index contributed by atoms with van der Waals surface area (Å²) in [7, 11) is 0. The molecule has 0 radical (unpaired) electrons. The van der Waals surface area contributed by atoms with Crippen LogP contribution >= 0.6 is 0 Å². The first kappa shape index (κ1) is 14.7. The maximum atomic E-state index is 13.4. The Balaban J connectivity index is 1.57. The van der Waals surface area contributed by atoms with E-state index in [0.717, 1.165) is 65.0 Å². The molecule has 5 heteroatoms. The number of nitrogens with zero attached hydrogens (tertiary/aromatic N) is 1. The van der Waals surface area contributed by atoms with Gasteiger partial charge in [0.25, 0.3) is 0 Å². The van der Waals surface area contributed by atoms with E-state index in [1.165, 1.54) is 12.1 Å². The van der Waals surface area contributed by atoms with Gasteiger partial charge >= 0.3 is 0 Å². The summed E-state index contributed by atoms with van der Waals surface area (Å²) in [6, 6.07) is 10.9. The minimum atomic E-state index is -0.238. The van der Waals surface area contributed by atoms with Crippen LogP contribution in [0.2, 0.25) is 0 Å². The SMILES string of the molecule is Fc1ccc2c(-c3ccc4nc(C5CCNCC5)oc4c3)c[nH]c2c1. The summed E-state index contributed by atoms with van der Waals surface area (Å²) in [6.45, 7) is 2.03. The predicted molar refractivity (Wildman–Crippen MR) is 96.1 cm³/mol. The molecule has 126 valence electrons. The van der Waals surface area contributed by atoms with Gasteiger partial charge in [-0.15, -0.1) is 0 Å². The minimum Gasteiger partial charge on any atom is -0.440 e. The van der Waals surface area contributed by atoms with Crippen molar-refractivity contribution in [1.29, 1.82) is 0 Å². The lowest BCUT2D eigenvalue weighted by Crippen LogP contribution is -2.26. The van der Waals surface area contributed by atoms with Gasteiger partial charge in [-0.05, 0) is 61.8 Å². The van der Waals surface area contributed by atoms with Crippen molar-refractivity contribution in [2.75, 3.05) is 13.1 Å². The number of fused-ring (bicyclic) bond motifs is 2. The zero-order chi connectivity index (χ0) is 16.8. The quantitative estimate of drug-likeness (QED) is 0.564. The van der Waals surface area contributed by atoms with E-state index in [0.29, 0.717) is 5.92 Å². The average Bonchev–Trinajstić information content (AvgIpc) is 3.25. The summed E-state index contributed by atoms with van der Waals surface area (Å²) in [5.41, 5.74) is 4.57. The van der Waals surface area contributed by atoms with E-state index >= 15 is 0 Å². The molecular weight excluding hydrogens is 317 g/mol. The number of hydrogen-bond donors (Lipinski definition) is 2. The number of halogens is 1. The third kappa shape index (κ3) is 2.51. The summed E-state index contributed by atoms with van der Waals surface area (Å²) in [5.74, 6) is 1.00. The molecule has 2 aromatic heterocycles. The van der Waals surface area contributed by atoms with Gasteiger partial charge < -0.3 is 14.7 Å². The van der Waals surface area contributed by atoms with Gasteiger partial charge in [0.1, 0.15) is 11.3 Å². The number of benzene rings is 2. The van der Waals surface area contributed by atoms with E-state index in [1.807, 2.05) is 30.5 Å². The maximum Gasteiger partial charge on any atom is 0.198 e. The Morgan fingerprint density at radius 1 is 1.08 bits per heavy atom. The zero-order valence-electron chi connectivity index (χ0n) is 13.7. The average molecular weight is 335 g/mol. The molecule has 2 aromatic carbocycles. The first-order valence-electron chi connectivity index (χ1n) is 8.66. The summed E-state index contributed by atoms with van der Waals surface area (Å²) in [4.78, 5) is 7.82. The largest absolute Gasteiger partial charge is 0.440 e. The van der Waals surface area contributed by atoms with Crippen molar-refractivity contribution in [1.82, 2.24) is 15.3 Å². The molecule has 1 aliphatic heterocycles. The first-order valence-corrected chi connectivity index (χ1v) is 8.66. The van der Waals surface area contributed by atoms with Gasteiger partial charge in [0, 0.05) is 28.6 Å². The van der Waals surface area contributed by atoms with Gasteiger partial charge in [-0.3, -0.25) is 0 Å². The molecule has 0 bridgehead atoms. The summed E-state index contributed by atoms with van der Waals surface area (Å²) in [5, 5.41) is 4.37. The number of piperidine rings is 1. The Bertz CT molecular complexity index is 1060. The zero-order valence-corrected chi connectivity index (χ0v) is 13.7. The molecule has 0 amide bonds. The second-order valence-corrected chi connectivity index (χ2v) is 6.65. The highest BCUT2D eigenvalue weighted by Crippen LogP contribution is 2.33. The molecule has 1 fully saturated rings. The van der Waals surface area contributed by atoms with E-state index in [1.54, 1.807) is 0 Å². The van der Waals surface area contributed by atoms with Crippen LogP contribution in [0.4, 0.5) is 4.39 Å². The van der Waals surface area contributed by atoms with Crippen molar-refractivity contribution in [2.24, 2.45) is 0 Å². The summed E-state index contributed by atoms with van der Waals surface area (Å²) < 4.78 is 19.5. The molecule has 0 saturated carbocycles. The van der Waals surface area contributed by atoms with Gasteiger partial charge in [0.15, 0.2) is 11.5 Å². The van der Waals surface area contributed by atoms with E-state index in [-0.39, 0.29) is 5.82 Å². The molecule has 0 unspecified atom stereocenters. The van der Waals surface area contributed by atoms with Crippen LogP contribution < -0.4 is 5.32 Å². The molecule has 5 rings (SSSR count). The van der Waals surface area contributed by atoms with Gasteiger partial charge in [-0.2, -0.15) is 0 Å². The maximum absolute atomic E-state index is 13.4. The van der Waals surface area contributed by atoms with Crippen molar-refractivity contribution in [3.8, 4) is 11.1 Å². The van der Waals surface area contributed by atoms with Gasteiger partial charge in [-0.1, -0.05) is 6.07 Å². The molecule has 0 atom stereocenters. The highest BCUT2D eigenvalue weighted by atomic mass is 19.1. The van der Waals surface area contributed by atoms with E-state index in [9.17, 15) is 4.39 Å². The second kappa shape index (κ2) is 5.70. The molecule has 3 heterocycles. The molecule has 4 aromatic rings. The van der Waals surface area contributed by atoms with Crippen molar-refractivity contribution in [3.63, 3.8) is 0 Å². The predicted octanol–water partition coefficient (Wildman–Crippen LogP) is 4.58. The standard InChI is InChI=1S/C20H18FN3O/c21-14-2-3-15-16(11-23-18(15)10-14)13-1-4-17-19(9-13)25-20(24-17)12-5-7-22-8-6-12/h1-4,9-12,22-23H,5-8H2. The highest BCUT2D eigenvalue weighted by molar-refractivity contribution is 5.97. The van der Waals surface area contributed by atoms with Crippen LogP contribution in [-0.4, -0.2) is 23.1 Å². The number of oxazole rings is 1. The fourth-order valence-electron chi connectivity index (χ4n) is 3.69. The molecule has 0 spiro atoms. The van der Waals surface area contributed by atoms with Crippen LogP contribution in [0.1, 0.15) is 24.7 Å². The molecule has 4 nitrogen and oxygen atoms in total. The number of rotatable bonds is 2. The Kier molecular flexibility index (Phi) is 3.35. The van der Waals surface area contributed by atoms with Crippen LogP contribution in [0.3, 0.4) is 0 Å². The van der Waals surface area contributed by atoms with Gasteiger partial charge in [-0.25, -0.2) is 9.37 Å².